The fraction of sp³-hybridized carbons (Fsp3) is 0.238. The third kappa shape index (κ3) is 5.58. The lowest BCUT2D eigenvalue weighted by Gasteiger charge is -2.07. The number of methoxy groups -OCH3 is 1. The van der Waals surface area contributed by atoms with Crippen LogP contribution in [0.15, 0.2) is 52.7 Å². The Morgan fingerprint density at radius 1 is 1.10 bits per heavy atom. The Balaban J connectivity index is 1.56. The SMILES string of the molecule is COc1ccc(S(=O)(=O)Nc2nc(CCC(=O)Nc3ccc(C)c(C)c3)cs2)cc1. The number of carbonyl (C=O) groups excluding carboxylic acids is 1. The molecule has 1 aromatic heterocycles. The number of nitrogens with one attached hydrogen (secondary N) is 2. The number of nitrogens with zero attached hydrogens (tertiary/aromatic N) is 1. The summed E-state index contributed by atoms with van der Waals surface area (Å²) in [6.07, 6.45) is 0.665. The van der Waals surface area contributed by atoms with Gasteiger partial charge in [0.25, 0.3) is 10.0 Å². The number of benzene rings is 2. The van der Waals surface area contributed by atoms with Gasteiger partial charge in [0.05, 0.1) is 17.7 Å². The van der Waals surface area contributed by atoms with Crippen molar-refractivity contribution in [2.75, 3.05) is 17.1 Å². The van der Waals surface area contributed by atoms with E-state index in [-0.39, 0.29) is 22.4 Å². The zero-order valence-corrected chi connectivity index (χ0v) is 18.6. The highest BCUT2D eigenvalue weighted by atomic mass is 32.2. The Morgan fingerprint density at radius 2 is 1.83 bits per heavy atom. The van der Waals surface area contributed by atoms with Crippen molar-refractivity contribution in [2.24, 2.45) is 0 Å². The number of aromatic nitrogens is 1. The van der Waals surface area contributed by atoms with Crippen molar-refractivity contribution >= 4 is 38.1 Å². The van der Waals surface area contributed by atoms with Crippen LogP contribution in [-0.2, 0) is 21.2 Å². The third-order valence-corrected chi connectivity index (χ3v) is 6.83. The Morgan fingerprint density at radius 3 is 2.50 bits per heavy atom. The summed E-state index contributed by atoms with van der Waals surface area (Å²) < 4.78 is 32.5. The quantitative estimate of drug-likeness (QED) is 0.543. The number of carbonyl (C=O) groups is 1. The zero-order chi connectivity index (χ0) is 21.7. The van der Waals surface area contributed by atoms with E-state index < -0.39 is 10.0 Å². The van der Waals surface area contributed by atoms with Gasteiger partial charge in [0.2, 0.25) is 5.91 Å². The summed E-state index contributed by atoms with van der Waals surface area (Å²) in [6, 6.07) is 11.9. The lowest BCUT2D eigenvalue weighted by atomic mass is 10.1. The highest BCUT2D eigenvalue weighted by Crippen LogP contribution is 2.22. The molecule has 0 fully saturated rings. The first-order valence-electron chi connectivity index (χ1n) is 9.25. The van der Waals surface area contributed by atoms with Crippen molar-refractivity contribution < 1.29 is 17.9 Å². The van der Waals surface area contributed by atoms with E-state index in [1.54, 1.807) is 17.5 Å². The van der Waals surface area contributed by atoms with Crippen molar-refractivity contribution in [3.8, 4) is 5.75 Å². The van der Waals surface area contributed by atoms with Crippen LogP contribution in [0.25, 0.3) is 0 Å². The first-order chi connectivity index (χ1) is 14.3. The molecule has 0 aliphatic heterocycles. The summed E-state index contributed by atoms with van der Waals surface area (Å²) in [4.78, 5) is 16.6. The molecular weight excluding hydrogens is 422 g/mol. The molecule has 0 saturated heterocycles. The fourth-order valence-corrected chi connectivity index (χ4v) is 4.68. The Kier molecular flexibility index (Phi) is 6.73. The number of anilines is 2. The predicted octanol–water partition coefficient (Wildman–Crippen LogP) is 4.14. The molecule has 1 heterocycles. The molecule has 9 heteroatoms. The van der Waals surface area contributed by atoms with Crippen LogP contribution >= 0.6 is 11.3 Å². The minimum atomic E-state index is -3.74. The molecule has 0 unspecified atom stereocenters. The Labute approximate surface area is 180 Å². The van der Waals surface area contributed by atoms with Gasteiger partial charge in [-0.1, -0.05) is 6.07 Å². The molecule has 158 valence electrons. The number of hydrogen-bond donors (Lipinski definition) is 2. The number of ether oxygens (including phenoxy) is 1. The number of amides is 1. The monoisotopic (exact) mass is 445 g/mol. The van der Waals surface area contributed by atoms with Gasteiger partial charge in [-0.05, 0) is 67.8 Å². The summed E-state index contributed by atoms with van der Waals surface area (Å²) >= 11 is 1.18. The highest BCUT2D eigenvalue weighted by Gasteiger charge is 2.16. The maximum Gasteiger partial charge on any atom is 0.263 e. The molecule has 0 saturated carbocycles. The maximum atomic E-state index is 12.5. The van der Waals surface area contributed by atoms with E-state index in [0.29, 0.717) is 17.9 Å². The molecule has 0 atom stereocenters. The van der Waals surface area contributed by atoms with Gasteiger partial charge in [-0.2, -0.15) is 0 Å². The molecule has 3 rings (SSSR count). The average molecular weight is 446 g/mol. The normalized spacial score (nSPS) is 11.2. The first-order valence-corrected chi connectivity index (χ1v) is 11.6. The first kappa shape index (κ1) is 21.8. The number of aryl methyl sites for hydroxylation is 3. The summed E-state index contributed by atoms with van der Waals surface area (Å²) in [7, 11) is -2.23. The number of thiazole rings is 1. The molecular formula is C21H23N3O4S2. The molecule has 0 aliphatic carbocycles. The van der Waals surface area contributed by atoms with Gasteiger partial charge in [0.15, 0.2) is 5.13 Å². The number of sulfonamides is 1. The number of hydrogen-bond acceptors (Lipinski definition) is 6. The fourth-order valence-electron chi connectivity index (χ4n) is 2.68. The molecule has 2 N–H and O–H groups in total. The molecule has 2 aromatic carbocycles. The largest absolute Gasteiger partial charge is 0.497 e. The van der Waals surface area contributed by atoms with Crippen LogP contribution in [0.3, 0.4) is 0 Å². The predicted molar refractivity (Wildman–Crippen MR) is 119 cm³/mol. The zero-order valence-electron chi connectivity index (χ0n) is 16.9. The van der Waals surface area contributed by atoms with E-state index in [1.165, 1.54) is 36.1 Å². The minimum Gasteiger partial charge on any atom is -0.497 e. The molecule has 0 aliphatic rings. The third-order valence-electron chi connectivity index (χ3n) is 4.54. The van der Waals surface area contributed by atoms with Gasteiger partial charge in [-0.25, -0.2) is 13.4 Å². The molecule has 30 heavy (non-hydrogen) atoms. The van der Waals surface area contributed by atoms with Crippen LogP contribution in [0.4, 0.5) is 10.8 Å². The Hall–Kier alpha value is -2.91. The van der Waals surface area contributed by atoms with Gasteiger partial charge < -0.3 is 10.1 Å². The molecule has 1 amide bonds. The van der Waals surface area contributed by atoms with Crippen molar-refractivity contribution in [1.82, 2.24) is 4.98 Å². The van der Waals surface area contributed by atoms with Crippen LogP contribution in [0.2, 0.25) is 0 Å². The van der Waals surface area contributed by atoms with Crippen molar-refractivity contribution in [3.05, 3.63) is 64.7 Å². The van der Waals surface area contributed by atoms with Crippen LogP contribution in [-0.4, -0.2) is 26.4 Å². The van der Waals surface area contributed by atoms with Crippen LogP contribution in [0.5, 0.6) is 5.75 Å². The van der Waals surface area contributed by atoms with Gasteiger partial charge in [0, 0.05) is 17.5 Å². The van der Waals surface area contributed by atoms with Crippen molar-refractivity contribution in [3.63, 3.8) is 0 Å². The topological polar surface area (TPSA) is 97.4 Å². The second kappa shape index (κ2) is 9.27. The van der Waals surface area contributed by atoms with Gasteiger partial charge in [-0.15, -0.1) is 11.3 Å². The van der Waals surface area contributed by atoms with Crippen LogP contribution in [0, 0.1) is 13.8 Å². The van der Waals surface area contributed by atoms with E-state index in [2.05, 4.69) is 15.0 Å². The highest BCUT2D eigenvalue weighted by molar-refractivity contribution is 7.93. The average Bonchev–Trinajstić information content (AvgIpc) is 3.16. The molecule has 0 radical (unpaired) electrons. The van der Waals surface area contributed by atoms with Gasteiger partial charge in [-0.3, -0.25) is 9.52 Å². The molecule has 0 bridgehead atoms. The summed E-state index contributed by atoms with van der Waals surface area (Å²) in [5.74, 6) is 0.455. The minimum absolute atomic E-state index is 0.118. The lowest BCUT2D eigenvalue weighted by molar-refractivity contribution is -0.116. The number of rotatable bonds is 8. The van der Waals surface area contributed by atoms with E-state index in [4.69, 9.17) is 4.74 Å². The van der Waals surface area contributed by atoms with Gasteiger partial charge >= 0.3 is 0 Å². The van der Waals surface area contributed by atoms with E-state index in [9.17, 15) is 13.2 Å². The summed E-state index contributed by atoms with van der Waals surface area (Å²) in [5, 5.41) is 4.88. The van der Waals surface area contributed by atoms with Crippen molar-refractivity contribution in [1.29, 1.82) is 0 Å². The molecule has 0 spiro atoms. The maximum absolute atomic E-state index is 12.5. The van der Waals surface area contributed by atoms with Gasteiger partial charge in [0.1, 0.15) is 5.75 Å². The van der Waals surface area contributed by atoms with E-state index in [1.807, 2.05) is 32.0 Å². The second-order valence-corrected chi connectivity index (χ2v) is 9.31. The lowest BCUT2D eigenvalue weighted by Crippen LogP contribution is -2.13. The second-order valence-electron chi connectivity index (χ2n) is 6.77. The van der Waals surface area contributed by atoms with E-state index in [0.717, 1.165) is 11.3 Å². The summed E-state index contributed by atoms with van der Waals surface area (Å²) in [6.45, 7) is 4.01. The Bertz CT molecular complexity index is 1140. The molecule has 7 nitrogen and oxygen atoms in total. The van der Waals surface area contributed by atoms with E-state index >= 15 is 0 Å². The smallest absolute Gasteiger partial charge is 0.263 e. The summed E-state index contributed by atoms with van der Waals surface area (Å²) in [5.41, 5.74) is 3.69. The van der Waals surface area contributed by atoms with Crippen LogP contribution < -0.4 is 14.8 Å². The van der Waals surface area contributed by atoms with Crippen molar-refractivity contribution in [2.45, 2.75) is 31.6 Å². The standard InChI is InChI=1S/C21H23N3O4S2/c1-14-4-5-16(12-15(14)2)22-20(25)11-6-17-13-29-21(23-17)24-30(26,27)19-9-7-18(28-3)8-10-19/h4-5,7-10,12-13H,6,11H2,1-3H3,(H,22,25)(H,23,24). The van der Waals surface area contributed by atoms with Crippen LogP contribution in [0.1, 0.15) is 23.2 Å². The molecule has 3 aromatic rings.